The van der Waals surface area contributed by atoms with Gasteiger partial charge in [0, 0.05) is 12.8 Å². The number of phosphoric acid groups is 1. The number of allylic oxidation sites excluding steroid dienone is 7. The molecule has 0 spiro atoms. The summed E-state index contributed by atoms with van der Waals surface area (Å²) in [6.07, 6.45) is 89.7. The van der Waals surface area contributed by atoms with Gasteiger partial charge in [0.25, 0.3) is 7.82 Å². The molecule has 0 aliphatic carbocycles. The standard InChI is InChI=1S/C80H153N2O7P/c1-7-10-13-16-19-22-25-28-30-32-34-36-38-40-41-43-44-46-48-50-52-54-57-60-63-66-69-72-79(83)81-77(76-88-90(85,86)87-75-74-82(4,5)6)78(71-68-65-62-59-56-27-24-21-18-15-12-9-3)89-80(84)73-70-67-64-61-58-55-53-51-49-47-45-42-39-37-35-33-31-29-26-23-20-17-14-11-8-2/h20,23,28-31,68,71,77-78H,7-19,21-22,24-27,32-67,69-70,72-76H2,1-6H3,(H-,81,83,85,86)/b23-20-,30-28+,31-29-,71-68+. The number of nitrogens with zero attached hydrogens (tertiary/aromatic N) is 1. The van der Waals surface area contributed by atoms with E-state index in [0.717, 1.165) is 64.2 Å². The van der Waals surface area contributed by atoms with E-state index in [1.807, 2.05) is 33.3 Å². The molecule has 3 atom stereocenters. The fourth-order valence-electron chi connectivity index (χ4n) is 11.9. The summed E-state index contributed by atoms with van der Waals surface area (Å²) in [6.45, 7) is 6.88. The summed E-state index contributed by atoms with van der Waals surface area (Å²) in [4.78, 5) is 40.3. The number of likely N-dealkylation sites (N-methyl/N-ethyl adjacent to an activating group) is 1. The number of carbonyl (C=O) groups is 2. The molecule has 0 rings (SSSR count). The van der Waals surface area contributed by atoms with Crippen molar-refractivity contribution in [1.29, 1.82) is 0 Å². The minimum atomic E-state index is -4.71. The van der Waals surface area contributed by atoms with Crippen LogP contribution in [0.15, 0.2) is 48.6 Å². The molecule has 1 amide bonds. The van der Waals surface area contributed by atoms with Crippen molar-refractivity contribution >= 4 is 19.7 Å². The van der Waals surface area contributed by atoms with Gasteiger partial charge in [0.2, 0.25) is 5.91 Å². The molecule has 0 saturated heterocycles. The maximum Gasteiger partial charge on any atom is 0.306 e. The first kappa shape index (κ1) is 88.0. The van der Waals surface area contributed by atoms with Gasteiger partial charge in [-0.15, -0.1) is 0 Å². The van der Waals surface area contributed by atoms with Crippen LogP contribution < -0.4 is 10.2 Å². The topological polar surface area (TPSA) is 114 Å². The monoisotopic (exact) mass is 1290 g/mol. The smallest absolute Gasteiger partial charge is 0.306 e. The van der Waals surface area contributed by atoms with Crippen molar-refractivity contribution in [1.82, 2.24) is 5.32 Å². The van der Waals surface area contributed by atoms with Crippen LogP contribution in [0.2, 0.25) is 0 Å². The Bertz CT molecular complexity index is 1680. The number of carbonyl (C=O) groups excluding carboxylic acids is 2. The first-order valence-electron chi connectivity index (χ1n) is 39.4. The molecule has 530 valence electrons. The molecule has 0 bridgehead atoms. The lowest BCUT2D eigenvalue weighted by atomic mass is 10.0. The fraction of sp³-hybridized carbons (Fsp3) is 0.875. The van der Waals surface area contributed by atoms with Crippen LogP contribution in [0.4, 0.5) is 0 Å². The van der Waals surface area contributed by atoms with Crippen molar-refractivity contribution in [2.75, 3.05) is 40.9 Å². The van der Waals surface area contributed by atoms with Crippen LogP contribution in [0.5, 0.6) is 0 Å². The van der Waals surface area contributed by atoms with E-state index in [9.17, 15) is 19.0 Å². The lowest BCUT2D eigenvalue weighted by molar-refractivity contribution is -0.870. The Morgan fingerprint density at radius 3 is 1.03 bits per heavy atom. The number of hydrogen-bond acceptors (Lipinski definition) is 7. The number of hydrogen-bond donors (Lipinski definition) is 1. The number of amides is 1. The summed E-state index contributed by atoms with van der Waals surface area (Å²) >= 11 is 0. The van der Waals surface area contributed by atoms with Gasteiger partial charge in [0.15, 0.2) is 0 Å². The lowest BCUT2D eigenvalue weighted by Gasteiger charge is -2.30. The molecule has 90 heavy (non-hydrogen) atoms. The quantitative estimate of drug-likeness (QED) is 0.0212. The summed E-state index contributed by atoms with van der Waals surface area (Å²) in [5, 5.41) is 3.06. The Hall–Kier alpha value is -2.03. The summed E-state index contributed by atoms with van der Waals surface area (Å²) in [5.74, 6) is -0.519. The van der Waals surface area contributed by atoms with Crippen molar-refractivity contribution in [2.24, 2.45) is 0 Å². The van der Waals surface area contributed by atoms with E-state index in [0.29, 0.717) is 17.4 Å². The Morgan fingerprint density at radius 1 is 0.389 bits per heavy atom. The second-order valence-electron chi connectivity index (χ2n) is 28.2. The summed E-state index contributed by atoms with van der Waals surface area (Å²) < 4.78 is 30.5. The van der Waals surface area contributed by atoms with E-state index in [1.54, 1.807) is 0 Å². The minimum absolute atomic E-state index is 0.0198. The third-order valence-corrected chi connectivity index (χ3v) is 18.9. The first-order chi connectivity index (χ1) is 43.9. The van der Waals surface area contributed by atoms with Crippen molar-refractivity contribution in [3.05, 3.63) is 48.6 Å². The summed E-state index contributed by atoms with van der Waals surface area (Å²) in [6, 6.07) is -0.887. The second kappa shape index (κ2) is 69.8. The van der Waals surface area contributed by atoms with Crippen LogP contribution in [0.25, 0.3) is 0 Å². The molecule has 0 aromatic rings. The average molecular weight is 1290 g/mol. The first-order valence-corrected chi connectivity index (χ1v) is 40.9. The second-order valence-corrected chi connectivity index (χ2v) is 29.6. The van der Waals surface area contributed by atoms with Crippen LogP contribution in [0, 0.1) is 0 Å². The molecule has 0 aromatic heterocycles. The molecule has 3 unspecified atom stereocenters. The number of ether oxygens (including phenoxy) is 1. The van der Waals surface area contributed by atoms with Gasteiger partial charge in [-0.25, -0.2) is 0 Å². The van der Waals surface area contributed by atoms with Crippen LogP contribution in [-0.4, -0.2) is 69.4 Å². The summed E-state index contributed by atoms with van der Waals surface area (Å²) in [5.41, 5.74) is 0. The zero-order chi connectivity index (χ0) is 65.6. The highest BCUT2D eigenvalue weighted by molar-refractivity contribution is 7.45. The van der Waals surface area contributed by atoms with Gasteiger partial charge in [0.05, 0.1) is 33.8 Å². The SMILES string of the molecule is CCCCC/C=C\C/C=C\CCCCCCCCCCCCCCCCCC(=O)OC(/C=C/CCCCCCCCCCCC)C(COP(=O)([O-])OCC[N+](C)(C)C)NC(=O)CCCCCCCCCCCCCCCCCCC/C=C/CCCCCCCC. The Kier molecular flexibility index (Phi) is 68.2. The van der Waals surface area contributed by atoms with Crippen molar-refractivity contribution < 1.29 is 37.3 Å². The molecule has 0 aromatic carbocycles. The number of quaternary nitrogens is 1. The predicted octanol–water partition coefficient (Wildman–Crippen LogP) is 24.9. The van der Waals surface area contributed by atoms with Gasteiger partial charge in [-0.1, -0.05) is 346 Å². The van der Waals surface area contributed by atoms with E-state index in [-0.39, 0.29) is 31.5 Å². The van der Waals surface area contributed by atoms with E-state index >= 15 is 0 Å². The fourth-order valence-corrected chi connectivity index (χ4v) is 12.6. The molecule has 0 aliphatic rings. The highest BCUT2D eigenvalue weighted by Gasteiger charge is 2.27. The van der Waals surface area contributed by atoms with E-state index < -0.39 is 20.0 Å². The minimum Gasteiger partial charge on any atom is -0.756 e. The van der Waals surface area contributed by atoms with Crippen LogP contribution in [0.3, 0.4) is 0 Å². The molecule has 1 N–H and O–H groups in total. The zero-order valence-electron chi connectivity index (χ0n) is 60.9. The Labute approximate surface area is 560 Å². The van der Waals surface area contributed by atoms with Gasteiger partial charge in [-0.2, -0.15) is 0 Å². The number of phosphoric ester groups is 1. The maximum atomic E-state index is 13.6. The summed E-state index contributed by atoms with van der Waals surface area (Å²) in [7, 11) is 1.20. The molecule has 0 saturated carbocycles. The third-order valence-electron chi connectivity index (χ3n) is 18.0. The number of rotatable bonds is 73. The number of esters is 1. The van der Waals surface area contributed by atoms with Gasteiger partial charge < -0.3 is 28.5 Å². The molecular weight excluding hydrogens is 1130 g/mol. The number of unbranched alkanes of at least 4 members (excludes halogenated alkanes) is 51. The van der Waals surface area contributed by atoms with E-state index in [4.69, 9.17) is 13.8 Å². The van der Waals surface area contributed by atoms with Crippen molar-refractivity contribution in [2.45, 2.75) is 412 Å². The highest BCUT2D eigenvalue weighted by Crippen LogP contribution is 2.38. The van der Waals surface area contributed by atoms with E-state index in [2.05, 4.69) is 62.5 Å². The van der Waals surface area contributed by atoms with Gasteiger partial charge in [-0.3, -0.25) is 14.2 Å². The maximum absolute atomic E-state index is 13.6. The Morgan fingerprint density at radius 2 is 0.678 bits per heavy atom. The largest absolute Gasteiger partial charge is 0.756 e. The average Bonchev–Trinajstić information content (AvgIpc) is 3.11. The van der Waals surface area contributed by atoms with Crippen LogP contribution in [-0.2, 0) is 27.9 Å². The van der Waals surface area contributed by atoms with Crippen LogP contribution in [0.1, 0.15) is 400 Å². The molecule has 0 heterocycles. The molecule has 10 heteroatoms. The predicted molar refractivity (Wildman–Crippen MR) is 390 cm³/mol. The molecular formula is C80H153N2O7P. The lowest BCUT2D eigenvalue weighted by Crippen LogP contribution is -2.47. The van der Waals surface area contributed by atoms with Gasteiger partial charge in [-0.05, 0) is 89.5 Å². The number of nitrogens with one attached hydrogen (secondary N) is 1. The molecule has 0 aliphatic heterocycles. The van der Waals surface area contributed by atoms with E-state index in [1.165, 1.54) is 302 Å². The molecule has 0 radical (unpaired) electrons. The molecule has 9 nitrogen and oxygen atoms in total. The van der Waals surface area contributed by atoms with Crippen LogP contribution >= 0.6 is 7.82 Å². The Balaban J connectivity index is 4.90. The highest BCUT2D eigenvalue weighted by atomic mass is 31.2. The zero-order valence-corrected chi connectivity index (χ0v) is 61.8. The van der Waals surface area contributed by atoms with Gasteiger partial charge >= 0.3 is 5.97 Å². The third kappa shape index (κ3) is 70.3. The molecule has 0 fully saturated rings. The van der Waals surface area contributed by atoms with Crippen molar-refractivity contribution in [3.63, 3.8) is 0 Å². The normalized spacial score (nSPS) is 13.6. The van der Waals surface area contributed by atoms with Crippen molar-refractivity contribution in [3.8, 4) is 0 Å². The van der Waals surface area contributed by atoms with Gasteiger partial charge in [0.1, 0.15) is 19.3 Å².